The van der Waals surface area contributed by atoms with Gasteiger partial charge in [-0.2, -0.15) is 5.26 Å². The highest BCUT2D eigenvalue weighted by Crippen LogP contribution is 2.40. The van der Waals surface area contributed by atoms with Gasteiger partial charge in [0.15, 0.2) is 22.8 Å². The number of aromatic nitrogens is 1. The maximum Gasteiger partial charge on any atom is 0.270 e. The van der Waals surface area contributed by atoms with E-state index < -0.39 is 17.2 Å². The summed E-state index contributed by atoms with van der Waals surface area (Å²) >= 11 is 0. The number of hydrogen-bond donors (Lipinski definition) is 2. The quantitative estimate of drug-likeness (QED) is 0.336. The Morgan fingerprint density at radius 3 is 2.65 bits per heavy atom. The first-order chi connectivity index (χ1) is 12.7. The predicted octanol–water partition coefficient (Wildman–Crippen LogP) is 3.68. The first kappa shape index (κ1) is 15.7. The molecule has 1 aliphatic rings. The molecule has 1 amide bonds. The molecule has 1 aliphatic carbocycles. The van der Waals surface area contributed by atoms with Crippen molar-refractivity contribution in [2.75, 3.05) is 5.32 Å². The predicted molar refractivity (Wildman–Crippen MR) is 95.0 cm³/mol. The van der Waals surface area contributed by atoms with Gasteiger partial charge in [-0.3, -0.25) is 4.79 Å². The molecule has 3 aromatic rings. The second kappa shape index (κ2) is 6.22. The molecule has 2 aromatic carbocycles. The van der Waals surface area contributed by atoms with Gasteiger partial charge in [-0.05, 0) is 17.7 Å². The molecule has 2 N–H and O–H groups in total. The van der Waals surface area contributed by atoms with Crippen LogP contribution in [0, 0.1) is 11.3 Å². The van der Waals surface area contributed by atoms with Crippen LogP contribution in [-0.2, 0) is 11.2 Å². The normalized spacial score (nSPS) is 12.6. The van der Waals surface area contributed by atoms with E-state index in [-0.39, 0.29) is 5.69 Å². The number of fused-ring (bicyclic) bond motifs is 3. The van der Waals surface area contributed by atoms with Gasteiger partial charge in [0.25, 0.3) is 5.91 Å². The highest BCUT2D eigenvalue weighted by Gasteiger charge is 2.30. The number of carbonyl (C=O) groups is 1. The molecule has 6 nitrogen and oxygen atoms in total. The van der Waals surface area contributed by atoms with Crippen molar-refractivity contribution >= 4 is 17.4 Å². The van der Waals surface area contributed by atoms with Crippen LogP contribution in [0.25, 0.3) is 17.1 Å². The van der Waals surface area contributed by atoms with Gasteiger partial charge < -0.3 is 14.9 Å². The Balaban J connectivity index is 1.70. The zero-order valence-electron chi connectivity index (χ0n) is 13.6. The molecule has 0 unspecified atom stereocenters. The van der Waals surface area contributed by atoms with Gasteiger partial charge in [0.05, 0.1) is 0 Å². The number of nitrogens with one attached hydrogen (secondary N) is 1. The topological polar surface area (TPSA) is 99.2 Å². The van der Waals surface area contributed by atoms with Gasteiger partial charge in [-0.15, -0.1) is 0 Å². The molecule has 6 heteroatoms. The number of nitriles is 1. The average molecular weight is 343 g/mol. The third kappa shape index (κ3) is 2.52. The van der Waals surface area contributed by atoms with Crippen LogP contribution in [0.1, 0.15) is 16.8 Å². The summed E-state index contributed by atoms with van der Waals surface area (Å²) in [6.07, 6.45) is 0.521. The summed E-state index contributed by atoms with van der Waals surface area (Å²) in [4.78, 5) is 12.4. The lowest BCUT2D eigenvalue weighted by molar-refractivity contribution is -0.112. The maximum atomic E-state index is 12.4. The minimum Gasteiger partial charge on any atom is -0.504 e. The van der Waals surface area contributed by atoms with Crippen molar-refractivity contribution in [3.8, 4) is 17.4 Å². The van der Waals surface area contributed by atoms with Gasteiger partial charge in [0.1, 0.15) is 6.07 Å². The summed E-state index contributed by atoms with van der Waals surface area (Å²) in [7, 11) is 0. The minimum atomic E-state index is -0.705. The van der Waals surface area contributed by atoms with Gasteiger partial charge in [0, 0.05) is 23.2 Å². The molecule has 126 valence electrons. The van der Waals surface area contributed by atoms with E-state index in [1.165, 1.54) is 0 Å². The van der Waals surface area contributed by atoms with Crippen molar-refractivity contribution in [2.45, 2.75) is 6.42 Å². The van der Waals surface area contributed by atoms with E-state index in [0.717, 1.165) is 11.1 Å². The van der Waals surface area contributed by atoms with Gasteiger partial charge in [-0.1, -0.05) is 47.6 Å². The van der Waals surface area contributed by atoms with E-state index in [1.807, 2.05) is 30.3 Å². The number of benzene rings is 2. The maximum absolute atomic E-state index is 12.4. The number of nitrogens with zero attached hydrogens (tertiary/aromatic N) is 2. The molecule has 0 saturated heterocycles. The van der Waals surface area contributed by atoms with Crippen molar-refractivity contribution < 1.29 is 14.4 Å². The third-order valence-corrected chi connectivity index (χ3v) is 4.25. The van der Waals surface area contributed by atoms with Crippen molar-refractivity contribution in [2.24, 2.45) is 0 Å². The summed E-state index contributed by atoms with van der Waals surface area (Å²) < 4.78 is 5.36. The first-order valence-corrected chi connectivity index (χ1v) is 7.96. The number of hydrogen-bond acceptors (Lipinski definition) is 5. The zero-order valence-corrected chi connectivity index (χ0v) is 13.6. The lowest BCUT2D eigenvalue weighted by Gasteiger charge is -2.05. The summed E-state index contributed by atoms with van der Waals surface area (Å²) in [5, 5.41) is 26.4. The van der Waals surface area contributed by atoms with Crippen molar-refractivity contribution in [1.29, 1.82) is 5.26 Å². The molecule has 0 aliphatic heterocycles. The van der Waals surface area contributed by atoms with Crippen LogP contribution in [0.4, 0.5) is 5.69 Å². The summed E-state index contributed by atoms with van der Waals surface area (Å²) in [6.45, 7) is 0. The van der Waals surface area contributed by atoms with Gasteiger partial charge >= 0.3 is 0 Å². The molecule has 0 fully saturated rings. The SMILES string of the molecule is N#CC(C(=O)Nc1ccccc1)=C(O)c1noc2c1Cc1ccccc1-2. The summed E-state index contributed by atoms with van der Waals surface area (Å²) in [6, 6.07) is 18.1. The fourth-order valence-corrected chi connectivity index (χ4v) is 3.00. The molecule has 4 rings (SSSR count). The van der Waals surface area contributed by atoms with Crippen LogP contribution < -0.4 is 5.32 Å². The number of carbonyl (C=O) groups excluding carboxylic acids is 1. The molecular weight excluding hydrogens is 330 g/mol. The van der Waals surface area contributed by atoms with E-state index in [9.17, 15) is 15.2 Å². The molecule has 1 aromatic heterocycles. The molecule has 1 heterocycles. The Morgan fingerprint density at radius 1 is 1.15 bits per heavy atom. The second-order valence-corrected chi connectivity index (χ2v) is 5.83. The molecule has 0 spiro atoms. The number of aliphatic hydroxyl groups is 1. The Hall–Kier alpha value is -3.85. The first-order valence-electron chi connectivity index (χ1n) is 7.96. The summed E-state index contributed by atoms with van der Waals surface area (Å²) in [5.41, 5.74) is 2.85. The number of anilines is 1. The number of para-hydroxylation sites is 1. The van der Waals surface area contributed by atoms with E-state index in [0.29, 0.717) is 23.4 Å². The average Bonchev–Trinajstić information content (AvgIpc) is 3.22. The van der Waals surface area contributed by atoms with Gasteiger partial charge in [-0.25, -0.2) is 0 Å². The van der Waals surface area contributed by atoms with Crippen LogP contribution >= 0.6 is 0 Å². The number of aliphatic hydroxyl groups excluding tert-OH is 1. The van der Waals surface area contributed by atoms with Gasteiger partial charge in [0.2, 0.25) is 0 Å². The minimum absolute atomic E-state index is 0.121. The monoisotopic (exact) mass is 343 g/mol. The van der Waals surface area contributed by atoms with Crippen LogP contribution in [0.3, 0.4) is 0 Å². The lowest BCUT2D eigenvalue weighted by atomic mass is 10.1. The Morgan fingerprint density at radius 2 is 1.88 bits per heavy atom. The molecule has 26 heavy (non-hydrogen) atoms. The van der Waals surface area contributed by atoms with E-state index in [4.69, 9.17) is 4.52 Å². The summed E-state index contributed by atoms with van der Waals surface area (Å²) in [5.74, 6) is -0.634. The number of amides is 1. The Labute approximate surface area is 149 Å². The van der Waals surface area contributed by atoms with E-state index >= 15 is 0 Å². The fourth-order valence-electron chi connectivity index (χ4n) is 3.00. The van der Waals surface area contributed by atoms with Crippen molar-refractivity contribution in [1.82, 2.24) is 5.16 Å². The Bertz CT molecular complexity index is 1080. The highest BCUT2D eigenvalue weighted by atomic mass is 16.5. The zero-order chi connectivity index (χ0) is 18.1. The second-order valence-electron chi connectivity index (χ2n) is 5.83. The molecule has 0 saturated carbocycles. The number of rotatable bonds is 3. The van der Waals surface area contributed by atoms with Crippen molar-refractivity contribution in [3.05, 3.63) is 77.0 Å². The standard InChI is InChI=1S/C20H13N3O3/c21-11-16(20(25)22-13-7-2-1-3-8-13)18(24)17-15-10-12-6-4-5-9-14(12)19(15)26-23-17/h1-9,24H,10H2,(H,22,25). The Kier molecular flexibility index (Phi) is 3.75. The van der Waals surface area contributed by atoms with E-state index in [2.05, 4.69) is 10.5 Å². The van der Waals surface area contributed by atoms with Crippen LogP contribution in [0.5, 0.6) is 0 Å². The smallest absolute Gasteiger partial charge is 0.270 e. The van der Waals surface area contributed by atoms with Crippen molar-refractivity contribution in [3.63, 3.8) is 0 Å². The van der Waals surface area contributed by atoms with Crippen LogP contribution in [-0.4, -0.2) is 16.2 Å². The molecule has 0 atom stereocenters. The third-order valence-electron chi connectivity index (χ3n) is 4.25. The molecular formula is C20H13N3O3. The molecule has 0 bridgehead atoms. The van der Waals surface area contributed by atoms with E-state index in [1.54, 1.807) is 30.3 Å². The molecule has 0 radical (unpaired) electrons. The largest absolute Gasteiger partial charge is 0.504 e. The van der Waals surface area contributed by atoms with Crippen LogP contribution in [0.15, 0.2) is 64.7 Å². The van der Waals surface area contributed by atoms with Crippen LogP contribution in [0.2, 0.25) is 0 Å². The lowest BCUT2D eigenvalue weighted by Crippen LogP contribution is -2.15. The highest BCUT2D eigenvalue weighted by molar-refractivity contribution is 6.11. The fraction of sp³-hybridized carbons (Fsp3) is 0.0500.